The van der Waals surface area contributed by atoms with Crippen molar-refractivity contribution in [3.05, 3.63) is 35.9 Å². The number of hydrogen-bond acceptors (Lipinski definition) is 1. The van der Waals surface area contributed by atoms with Crippen molar-refractivity contribution in [2.45, 2.75) is 59.4 Å². The van der Waals surface area contributed by atoms with E-state index in [1.165, 1.54) is 5.19 Å². The van der Waals surface area contributed by atoms with Gasteiger partial charge in [0.2, 0.25) is 0 Å². The summed E-state index contributed by atoms with van der Waals surface area (Å²) in [5.41, 5.74) is 1.81. The quantitative estimate of drug-likeness (QED) is 0.749. The molecule has 2 nitrogen and oxygen atoms in total. The van der Waals surface area contributed by atoms with Gasteiger partial charge in [-0.2, -0.15) is 0 Å². The van der Waals surface area contributed by atoms with E-state index < -0.39 is 8.07 Å². The second-order valence-corrected chi connectivity index (χ2v) is 12.2. The van der Waals surface area contributed by atoms with Gasteiger partial charge in [-0.3, -0.25) is 4.79 Å². The largest absolute Gasteiger partial charge is 0.334 e. The van der Waals surface area contributed by atoms with Gasteiger partial charge in [0, 0.05) is 17.6 Å². The molecule has 0 bridgehead atoms. The van der Waals surface area contributed by atoms with Crippen LogP contribution in [0, 0.1) is 0 Å². The SMILES string of the molecule is C=Cc1cccc([Si](C)(C)C)c1C(=O)N(C(C)C)C(C)C. The summed E-state index contributed by atoms with van der Waals surface area (Å²) in [6, 6.07) is 6.51. The normalized spacial score (nSPS) is 11.9. The highest BCUT2D eigenvalue weighted by atomic mass is 28.3. The Morgan fingerprint density at radius 3 is 2.05 bits per heavy atom. The molecule has 0 saturated heterocycles. The molecule has 21 heavy (non-hydrogen) atoms. The highest BCUT2D eigenvalue weighted by molar-refractivity contribution is 6.89. The molecule has 0 fully saturated rings. The van der Waals surface area contributed by atoms with Crippen LogP contribution in [-0.4, -0.2) is 31.0 Å². The summed E-state index contributed by atoms with van der Waals surface area (Å²) < 4.78 is 0. The van der Waals surface area contributed by atoms with E-state index in [0.717, 1.165) is 11.1 Å². The minimum absolute atomic E-state index is 0.132. The summed E-state index contributed by atoms with van der Waals surface area (Å²) >= 11 is 0. The van der Waals surface area contributed by atoms with Crippen molar-refractivity contribution < 1.29 is 4.79 Å². The van der Waals surface area contributed by atoms with Crippen LogP contribution >= 0.6 is 0 Å². The zero-order chi connectivity index (χ0) is 16.4. The molecule has 0 unspecified atom stereocenters. The molecule has 116 valence electrons. The average molecular weight is 304 g/mol. The molecule has 0 atom stereocenters. The fourth-order valence-electron chi connectivity index (χ4n) is 2.80. The van der Waals surface area contributed by atoms with Gasteiger partial charge in [-0.05, 0) is 38.4 Å². The molecular weight excluding hydrogens is 274 g/mol. The van der Waals surface area contributed by atoms with Crippen LogP contribution in [0.25, 0.3) is 6.08 Å². The molecule has 3 heteroatoms. The molecule has 0 N–H and O–H groups in total. The highest BCUT2D eigenvalue weighted by Gasteiger charge is 2.29. The summed E-state index contributed by atoms with van der Waals surface area (Å²) in [6.07, 6.45) is 1.80. The first-order valence-corrected chi connectivity index (χ1v) is 11.2. The maximum Gasteiger partial charge on any atom is 0.254 e. The second-order valence-electron chi connectivity index (χ2n) is 7.12. The summed E-state index contributed by atoms with van der Waals surface area (Å²) in [7, 11) is -1.60. The second kappa shape index (κ2) is 6.61. The van der Waals surface area contributed by atoms with Crippen molar-refractivity contribution in [2.24, 2.45) is 0 Å². The number of carbonyl (C=O) groups is 1. The van der Waals surface area contributed by atoms with Crippen LogP contribution in [0.1, 0.15) is 43.6 Å². The fourth-order valence-corrected chi connectivity index (χ4v) is 4.40. The predicted molar refractivity (Wildman–Crippen MR) is 96.0 cm³/mol. The Bertz CT molecular complexity index is 519. The highest BCUT2D eigenvalue weighted by Crippen LogP contribution is 2.19. The number of benzene rings is 1. The first-order valence-electron chi connectivity index (χ1n) is 7.69. The lowest BCUT2D eigenvalue weighted by molar-refractivity contribution is 0.0645. The first kappa shape index (κ1) is 17.7. The third-order valence-corrected chi connectivity index (χ3v) is 5.72. The molecule has 1 aromatic rings. The number of amides is 1. The van der Waals surface area contributed by atoms with Crippen LogP contribution in [0.15, 0.2) is 24.8 Å². The molecule has 0 aliphatic rings. The van der Waals surface area contributed by atoms with Crippen molar-refractivity contribution >= 4 is 25.2 Å². The van der Waals surface area contributed by atoms with Crippen LogP contribution in [-0.2, 0) is 0 Å². The molecule has 0 aliphatic carbocycles. The molecule has 0 aliphatic heterocycles. The molecule has 1 aromatic carbocycles. The van der Waals surface area contributed by atoms with E-state index in [9.17, 15) is 4.79 Å². The molecule has 0 saturated carbocycles. The molecule has 0 aromatic heterocycles. The summed E-state index contributed by atoms with van der Waals surface area (Å²) in [4.78, 5) is 15.1. The van der Waals surface area contributed by atoms with Gasteiger partial charge in [-0.15, -0.1) is 0 Å². The minimum Gasteiger partial charge on any atom is -0.334 e. The van der Waals surface area contributed by atoms with Gasteiger partial charge in [-0.1, -0.05) is 50.5 Å². The third-order valence-electron chi connectivity index (χ3n) is 3.69. The lowest BCUT2D eigenvalue weighted by atomic mass is 10.0. The maximum atomic E-state index is 13.2. The topological polar surface area (TPSA) is 20.3 Å². The van der Waals surface area contributed by atoms with Crippen LogP contribution in [0.2, 0.25) is 19.6 Å². The average Bonchev–Trinajstić information content (AvgIpc) is 2.35. The van der Waals surface area contributed by atoms with Crippen molar-refractivity contribution in [3.63, 3.8) is 0 Å². The van der Waals surface area contributed by atoms with Crippen molar-refractivity contribution in [3.8, 4) is 0 Å². The van der Waals surface area contributed by atoms with Crippen molar-refractivity contribution in [1.82, 2.24) is 4.90 Å². The summed E-state index contributed by atoms with van der Waals surface area (Å²) in [5, 5.41) is 1.22. The van der Waals surface area contributed by atoms with Gasteiger partial charge >= 0.3 is 0 Å². The van der Waals surface area contributed by atoms with Crippen LogP contribution in [0.3, 0.4) is 0 Å². The van der Waals surface area contributed by atoms with E-state index in [2.05, 4.69) is 60.0 Å². The Balaban J connectivity index is 3.53. The Hall–Kier alpha value is -1.35. The first-order chi connectivity index (χ1) is 9.61. The molecular formula is C18H29NOSi. The number of rotatable bonds is 5. The van der Waals surface area contributed by atoms with Gasteiger partial charge in [-0.25, -0.2) is 0 Å². The fraction of sp³-hybridized carbons (Fsp3) is 0.500. The summed E-state index contributed by atoms with van der Waals surface area (Å²) in [6.45, 7) is 19.0. The van der Waals surface area contributed by atoms with Gasteiger partial charge in [0.05, 0.1) is 8.07 Å². The third kappa shape index (κ3) is 3.85. The molecule has 0 radical (unpaired) electrons. The van der Waals surface area contributed by atoms with Crippen LogP contribution < -0.4 is 5.19 Å². The standard InChI is InChI=1S/C18H29NOSi/c1-9-15-11-10-12-16(21(6,7)8)17(15)18(20)19(13(2)3)14(4)5/h9-14H,1H2,2-8H3. The zero-order valence-electron chi connectivity index (χ0n) is 14.5. The Morgan fingerprint density at radius 2 is 1.67 bits per heavy atom. The van der Waals surface area contributed by atoms with E-state index >= 15 is 0 Å². The zero-order valence-corrected chi connectivity index (χ0v) is 15.5. The van der Waals surface area contributed by atoms with Gasteiger partial charge < -0.3 is 4.90 Å². The van der Waals surface area contributed by atoms with E-state index in [-0.39, 0.29) is 18.0 Å². The smallest absolute Gasteiger partial charge is 0.254 e. The molecule has 1 amide bonds. The lowest BCUT2D eigenvalue weighted by Crippen LogP contribution is -2.48. The molecule has 1 rings (SSSR count). The van der Waals surface area contributed by atoms with Crippen molar-refractivity contribution in [1.29, 1.82) is 0 Å². The molecule has 0 heterocycles. The predicted octanol–water partition coefficient (Wildman–Crippen LogP) is 4.13. The van der Waals surface area contributed by atoms with E-state index in [1.54, 1.807) is 6.08 Å². The van der Waals surface area contributed by atoms with Gasteiger partial charge in [0.15, 0.2) is 0 Å². The van der Waals surface area contributed by atoms with Gasteiger partial charge in [0.1, 0.15) is 0 Å². The van der Waals surface area contributed by atoms with Crippen LogP contribution in [0.4, 0.5) is 0 Å². The van der Waals surface area contributed by atoms with Crippen molar-refractivity contribution in [2.75, 3.05) is 0 Å². The van der Waals surface area contributed by atoms with Gasteiger partial charge in [0.25, 0.3) is 5.91 Å². The van der Waals surface area contributed by atoms with Crippen LogP contribution in [0.5, 0.6) is 0 Å². The lowest BCUT2D eigenvalue weighted by Gasteiger charge is -2.33. The Morgan fingerprint density at radius 1 is 1.14 bits per heavy atom. The molecule has 0 spiro atoms. The number of nitrogens with zero attached hydrogens (tertiary/aromatic N) is 1. The Labute approximate surface area is 130 Å². The van der Waals surface area contributed by atoms with E-state index in [4.69, 9.17) is 0 Å². The summed E-state index contributed by atoms with van der Waals surface area (Å²) in [5.74, 6) is 0.132. The Kier molecular flexibility index (Phi) is 5.57. The maximum absolute atomic E-state index is 13.2. The monoisotopic (exact) mass is 303 g/mol. The van der Waals surface area contributed by atoms with E-state index in [1.807, 2.05) is 17.0 Å². The van der Waals surface area contributed by atoms with E-state index in [0.29, 0.717) is 0 Å². The minimum atomic E-state index is -1.60. The number of carbonyl (C=O) groups excluding carboxylic acids is 1. The number of hydrogen-bond donors (Lipinski definition) is 0.